The zero-order valence-corrected chi connectivity index (χ0v) is 16.7. The number of rotatable bonds is 4. The zero-order valence-electron chi connectivity index (χ0n) is 15.9. The summed E-state index contributed by atoms with van der Waals surface area (Å²) in [7, 11) is 0. The third-order valence-electron chi connectivity index (χ3n) is 5.43. The van der Waals surface area contributed by atoms with Gasteiger partial charge in [0.25, 0.3) is 0 Å². The summed E-state index contributed by atoms with van der Waals surface area (Å²) in [5, 5.41) is 7.75. The molecule has 0 aromatic carbocycles. The van der Waals surface area contributed by atoms with E-state index in [-0.39, 0.29) is 11.7 Å². The van der Waals surface area contributed by atoms with Gasteiger partial charge in [-0.25, -0.2) is 14.6 Å². The molecule has 2 aliphatic rings. The van der Waals surface area contributed by atoms with Crippen molar-refractivity contribution >= 4 is 40.5 Å². The van der Waals surface area contributed by atoms with Crippen molar-refractivity contribution in [2.24, 2.45) is 5.92 Å². The van der Waals surface area contributed by atoms with Gasteiger partial charge in [-0.2, -0.15) is 11.8 Å². The molecule has 0 amide bonds. The standard InChI is InChI=1S/C19H21N7O2S/c27-15(13-3-1-5-20-11-13)14-4-2-6-26(12-14)19-18(25-7-9-29-10-8-25)21-16-17(22-19)24-28-23-16/h1,3,5,11,14H,2,4,6-10,12H2/t14-/m0/s1. The highest BCUT2D eigenvalue weighted by molar-refractivity contribution is 7.99. The topological polar surface area (TPSA) is 101 Å². The molecular weight excluding hydrogens is 390 g/mol. The number of nitrogens with zero attached hydrogens (tertiary/aromatic N) is 7. The van der Waals surface area contributed by atoms with E-state index >= 15 is 0 Å². The van der Waals surface area contributed by atoms with E-state index in [1.54, 1.807) is 18.5 Å². The Bertz CT molecular complexity index is 1010. The molecule has 150 valence electrons. The van der Waals surface area contributed by atoms with E-state index in [0.29, 0.717) is 23.4 Å². The number of carbonyl (C=O) groups excluding carboxylic acids is 1. The summed E-state index contributed by atoms with van der Waals surface area (Å²) < 4.78 is 4.84. The van der Waals surface area contributed by atoms with Crippen molar-refractivity contribution < 1.29 is 9.42 Å². The molecule has 0 unspecified atom stereocenters. The second-order valence-corrected chi connectivity index (χ2v) is 8.50. The van der Waals surface area contributed by atoms with Crippen molar-refractivity contribution in [3.05, 3.63) is 30.1 Å². The maximum atomic E-state index is 13.0. The van der Waals surface area contributed by atoms with Crippen LogP contribution >= 0.6 is 11.8 Å². The van der Waals surface area contributed by atoms with Crippen molar-refractivity contribution in [2.75, 3.05) is 47.5 Å². The molecule has 5 heterocycles. The Morgan fingerprint density at radius 1 is 1.07 bits per heavy atom. The number of hydrogen-bond donors (Lipinski definition) is 0. The van der Waals surface area contributed by atoms with Crippen LogP contribution in [0.5, 0.6) is 0 Å². The predicted molar refractivity (Wildman–Crippen MR) is 110 cm³/mol. The van der Waals surface area contributed by atoms with E-state index in [0.717, 1.165) is 55.6 Å². The number of Topliss-reactive ketones (excluding diaryl/α,β-unsaturated/α-hetero) is 1. The molecule has 5 rings (SSSR count). The van der Waals surface area contributed by atoms with Gasteiger partial charge in [-0.05, 0) is 35.3 Å². The van der Waals surface area contributed by atoms with Gasteiger partial charge in [0.1, 0.15) is 0 Å². The van der Waals surface area contributed by atoms with Gasteiger partial charge in [0.2, 0.25) is 11.3 Å². The summed E-state index contributed by atoms with van der Waals surface area (Å²) in [6.07, 6.45) is 5.11. The smallest absolute Gasteiger partial charge is 0.245 e. The summed E-state index contributed by atoms with van der Waals surface area (Å²) in [4.78, 5) is 30.9. The first-order valence-corrected chi connectivity index (χ1v) is 11.0. The summed E-state index contributed by atoms with van der Waals surface area (Å²) in [6, 6.07) is 3.63. The maximum absolute atomic E-state index is 13.0. The second kappa shape index (κ2) is 7.94. The summed E-state index contributed by atoms with van der Waals surface area (Å²) in [5.41, 5.74) is 1.48. The molecule has 9 nitrogen and oxygen atoms in total. The predicted octanol–water partition coefficient (Wildman–Crippen LogP) is 2.06. The molecule has 2 aliphatic heterocycles. The van der Waals surface area contributed by atoms with Crippen LogP contribution in [0.3, 0.4) is 0 Å². The van der Waals surface area contributed by atoms with E-state index in [4.69, 9.17) is 14.6 Å². The van der Waals surface area contributed by atoms with Crippen molar-refractivity contribution in [1.29, 1.82) is 0 Å². The minimum atomic E-state index is -0.0920. The number of pyridine rings is 1. The van der Waals surface area contributed by atoms with Crippen LogP contribution in [-0.2, 0) is 0 Å². The summed E-state index contributed by atoms with van der Waals surface area (Å²) >= 11 is 1.94. The maximum Gasteiger partial charge on any atom is 0.245 e. The number of ketones is 1. The third-order valence-corrected chi connectivity index (χ3v) is 6.37. The molecule has 0 saturated carbocycles. The van der Waals surface area contributed by atoms with Gasteiger partial charge in [-0.15, -0.1) is 0 Å². The minimum absolute atomic E-state index is 0.0920. The largest absolute Gasteiger partial charge is 0.353 e. The Balaban J connectivity index is 1.46. The molecule has 3 aromatic rings. The summed E-state index contributed by atoms with van der Waals surface area (Å²) in [6.45, 7) is 3.26. The first-order chi connectivity index (χ1) is 14.3. The van der Waals surface area contributed by atoms with Crippen LogP contribution in [-0.4, -0.2) is 68.7 Å². The average Bonchev–Trinajstić information content (AvgIpc) is 3.27. The fraction of sp³-hybridized carbons (Fsp3) is 0.474. The second-order valence-electron chi connectivity index (χ2n) is 7.27. The number of aromatic nitrogens is 5. The number of thioether (sulfide) groups is 1. The van der Waals surface area contributed by atoms with E-state index in [2.05, 4.69) is 25.1 Å². The van der Waals surface area contributed by atoms with Crippen LogP contribution in [0.1, 0.15) is 23.2 Å². The quantitative estimate of drug-likeness (QED) is 0.593. The first kappa shape index (κ1) is 18.3. The minimum Gasteiger partial charge on any atom is -0.353 e. The monoisotopic (exact) mass is 411 g/mol. The number of fused-ring (bicyclic) bond motifs is 1. The van der Waals surface area contributed by atoms with Crippen LogP contribution in [0, 0.1) is 5.92 Å². The molecule has 2 saturated heterocycles. The Hall–Kier alpha value is -2.75. The number of anilines is 2. The van der Waals surface area contributed by atoms with E-state index in [9.17, 15) is 4.79 Å². The Morgan fingerprint density at radius 3 is 2.55 bits per heavy atom. The number of hydrogen-bond acceptors (Lipinski definition) is 10. The normalized spacial score (nSPS) is 20.2. The lowest BCUT2D eigenvalue weighted by Crippen LogP contribution is -2.41. The molecule has 0 spiro atoms. The average molecular weight is 411 g/mol. The lowest BCUT2D eigenvalue weighted by Gasteiger charge is -2.36. The van der Waals surface area contributed by atoms with Crippen LogP contribution in [0.2, 0.25) is 0 Å². The van der Waals surface area contributed by atoms with E-state index in [1.807, 2.05) is 17.8 Å². The molecule has 1 atom stereocenters. The van der Waals surface area contributed by atoms with Crippen LogP contribution < -0.4 is 9.80 Å². The highest BCUT2D eigenvalue weighted by Crippen LogP contribution is 2.32. The van der Waals surface area contributed by atoms with Gasteiger partial charge in [0, 0.05) is 61.6 Å². The zero-order chi connectivity index (χ0) is 19.6. The molecule has 0 N–H and O–H groups in total. The Labute approximate surface area is 171 Å². The SMILES string of the molecule is O=C(c1cccnc1)[C@H]1CCCN(c2nc3nonc3nc2N2CCSCC2)C1. The highest BCUT2D eigenvalue weighted by atomic mass is 32.2. The summed E-state index contributed by atoms with van der Waals surface area (Å²) in [5.74, 6) is 3.73. The molecule has 0 bridgehead atoms. The van der Waals surface area contributed by atoms with E-state index in [1.165, 1.54) is 0 Å². The highest BCUT2D eigenvalue weighted by Gasteiger charge is 2.31. The lowest BCUT2D eigenvalue weighted by atomic mass is 9.90. The van der Waals surface area contributed by atoms with Gasteiger partial charge in [-0.3, -0.25) is 9.78 Å². The van der Waals surface area contributed by atoms with Crippen molar-refractivity contribution in [3.63, 3.8) is 0 Å². The first-order valence-electron chi connectivity index (χ1n) is 9.82. The van der Waals surface area contributed by atoms with Crippen LogP contribution in [0.25, 0.3) is 11.3 Å². The molecule has 10 heteroatoms. The fourth-order valence-electron chi connectivity index (χ4n) is 3.95. The molecule has 2 fully saturated rings. The molecule has 3 aromatic heterocycles. The number of piperidine rings is 1. The van der Waals surface area contributed by atoms with Gasteiger partial charge >= 0.3 is 0 Å². The third kappa shape index (κ3) is 3.64. The fourth-order valence-corrected chi connectivity index (χ4v) is 4.85. The van der Waals surface area contributed by atoms with Gasteiger partial charge in [0.15, 0.2) is 17.4 Å². The van der Waals surface area contributed by atoms with Crippen molar-refractivity contribution in [1.82, 2.24) is 25.3 Å². The lowest BCUT2D eigenvalue weighted by molar-refractivity contribution is 0.0906. The van der Waals surface area contributed by atoms with Gasteiger partial charge in [0.05, 0.1) is 0 Å². The van der Waals surface area contributed by atoms with Gasteiger partial charge < -0.3 is 9.80 Å². The van der Waals surface area contributed by atoms with Crippen LogP contribution in [0.4, 0.5) is 11.6 Å². The van der Waals surface area contributed by atoms with Crippen LogP contribution in [0.15, 0.2) is 29.2 Å². The Kier molecular flexibility index (Phi) is 5.01. The van der Waals surface area contributed by atoms with Crippen molar-refractivity contribution in [2.45, 2.75) is 12.8 Å². The van der Waals surface area contributed by atoms with Gasteiger partial charge in [-0.1, -0.05) is 0 Å². The molecule has 29 heavy (non-hydrogen) atoms. The Morgan fingerprint density at radius 2 is 1.83 bits per heavy atom. The number of carbonyl (C=O) groups is 1. The van der Waals surface area contributed by atoms with E-state index < -0.39 is 0 Å². The molecule has 0 aliphatic carbocycles. The molecule has 0 radical (unpaired) electrons. The molecular formula is C19H21N7O2S. The van der Waals surface area contributed by atoms with Crippen molar-refractivity contribution in [3.8, 4) is 0 Å².